The molecule has 0 aliphatic heterocycles. The predicted molar refractivity (Wildman–Crippen MR) is 85.2 cm³/mol. The van der Waals surface area contributed by atoms with Crippen molar-refractivity contribution in [2.75, 3.05) is 0 Å². The molecular formula is C16H28O12Re-4. The molecule has 0 heterocycles. The molecule has 0 saturated carbocycles. The fourth-order valence-corrected chi connectivity index (χ4v) is 0. The van der Waals surface area contributed by atoms with Gasteiger partial charge in [-0.2, -0.15) is 0 Å². The first-order valence-electron chi connectivity index (χ1n) is 7.53. The van der Waals surface area contributed by atoms with Crippen LogP contribution in [0.4, 0.5) is 0 Å². The maximum absolute atomic E-state index is 9.66. The number of aliphatic carboxylic acids is 4. The Labute approximate surface area is 182 Å². The molecule has 0 spiro atoms. The second kappa shape index (κ2) is 14.4. The Morgan fingerprint density at radius 1 is 0.448 bits per heavy atom. The summed E-state index contributed by atoms with van der Waals surface area (Å²) in [5, 5.41) is 72.4. The summed E-state index contributed by atoms with van der Waals surface area (Å²) >= 11 is 0. The van der Waals surface area contributed by atoms with Gasteiger partial charge < -0.3 is 60.0 Å². The summed E-state index contributed by atoms with van der Waals surface area (Å²) in [4.78, 5) is 38.6. The molecule has 0 bridgehead atoms. The molecular weight excluding hydrogens is 570 g/mol. The van der Waals surface area contributed by atoms with Crippen molar-refractivity contribution in [3.05, 3.63) is 0 Å². The molecule has 0 saturated heterocycles. The smallest absolute Gasteiger partial charge is 0.0983 e. The Hall–Kier alpha value is -1.62. The van der Waals surface area contributed by atoms with E-state index in [1.165, 1.54) is 0 Å². The van der Waals surface area contributed by atoms with Crippen molar-refractivity contribution in [3.63, 3.8) is 0 Å². The quantitative estimate of drug-likeness (QED) is 0.236. The van der Waals surface area contributed by atoms with E-state index in [0.717, 1.165) is 55.4 Å². The summed E-state index contributed by atoms with van der Waals surface area (Å²) in [5.41, 5.74) is -6.78. The molecule has 175 valence electrons. The normalized spacial score (nSPS) is 10.9. The molecule has 4 N–H and O–H groups in total. The van der Waals surface area contributed by atoms with Gasteiger partial charge in [-0.1, -0.05) is 0 Å². The zero-order chi connectivity index (χ0) is 24.3. The van der Waals surface area contributed by atoms with Gasteiger partial charge in [-0.3, -0.25) is 0 Å². The van der Waals surface area contributed by atoms with Crippen LogP contribution in [-0.4, -0.2) is 66.7 Å². The fourth-order valence-electron chi connectivity index (χ4n) is 0. The largest absolute Gasteiger partial charge is 0.547 e. The monoisotopic (exact) mass is 599 g/mol. The molecule has 1 radical (unpaired) electrons. The standard InChI is InChI=1S/4C4H8O3.Re/c4*1-4(2,7)3(5)6;/h4*7H,1-2H3,(H,5,6);/p-4. The van der Waals surface area contributed by atoms with E-state index in [-0.39, 0.29) is 20.4 Å². The van der Waals surface area contributed by atoms with Gasteiger partial charge in [-0.15, -0.1) is 0 Å². The Morgan fingerprint density at radius 3 is 0.483 bits per heavy atom. The predicted octanol–water partition coefficient (Wildman–Crippen LogP) is -5.97. The van der Waals surface area contributed by atoms with Crippen molar-refractivity contribution in [1.82, 2.24) is 0 Å². The number of carbonyl (C=O) groups excluding carboxylic acids is 4. The first kappa shape index (κ1) is 38.0. The van der Waals surface area contributed by atoms with Crippen LogP contribution in [0.2, 0.25) is 0 Å². The van der Waals surface area contributed by atoms with Crippen LogP contribution in [0.15, 0.2) is 0 Å². The van der Waals surface area contributed by atoms with Crippen LogP contribution in [0.5, 0.6) is 0 Å². The van der Waals surface area contributed by atoms with E-state index in [2.05, 4.69) is 0 Å². The van der Waals surface area contributed by atoms with E-state index in [0.29, 0.717) is 0 Å². The molecule has 0 rings (SSSR count). The molecule has 0 aliphatic rings. The molecule has 0 aromatic rings. The van der Waals surface area contributed by atoms with Crippen molar-refractivity contribution >= 4 is 23.9 Å². The van der Waals surface area contributed by atoms with Gasteiger partial charge in [-0.05, 0) is 55.4 Å². The summed E-state index contributed by atoms with van der Waals surface area (Å²) in [6.07, 6.45) is 0. The molecule has 0 amide bonds. The summed E-state index contributed by atoms with van der Waals surface area (Å²) in [5.74, 6) is -5.81. The Balaban J connectivity index is -0.0000000873. The molecule has 0 aromatic carbocycles. The van der Waals surface area contributed by atoms with Crippen molar-refractivity contribution in [2.45, 2.75) is 77.8 Å². The van der Waals surface area contributed by atoms with Gasteiger partial charge in [0.2, 0.25) is 0 Å². The number of rotatable bonds is 4. The fraction of sp³-hybridized carbons (Fsp3) is 0.750. The second-order valence-corrected chi connectivity index (χ2v) is 7.39. The first-order chi connectivity index (χ1) is 11.8. The minimum Gasteiger partial charge on any atom is -0.547 e. The van der Waals surface area contributed by atoms with Gasteiger partial charge >= 0.3 is 0 Å². The van der Waals surface area contributed by atoms with E-state index in [1.54, 1.807) is 0 Å². The zero-order valence-corrected chi connectivity index (χ0v) is 20.1. The van der Waals surface area contributed by atoms with Crippen LogP contribution in [0.1, 0.15) is 55.4 Å². The van der Waals surface area contributed by atoms with Crippen LogP contribution in [-0.2, 0) is 39.6 Å². The summed E-state index contributed by atoms with van der Waals surface area (Å²) < 4.78 is 0. The number of hydrogen-bond donors (Lipinski definition) is 4. The van der Waals surface area contributed by atoms with Gasteiger partial charge in [0.15, 0.2) is 0 Å². The molecule has 0 fully saturated rings. The molecule has 0 atom stereocenters. The molecule has 0 unspecified atom stereocenters. The number of hydrogen-bond acceptors (Lipinski definition) is 12. The average molecular weight is 599 g/mol. The third kappa shape index (κ3) is 31.3. The van der Waals surface area contributed by atoms with Crippen molar-refractivity contribution < 1.29 is 80.5 Å². The van der Waals surface area contributed by atoms with E-state index in [9.17, 15) is 39.6 Å². The van der Waals surface area contributed by atoms with Gasteiger partial charge in [0.05, 0.1) is 46.3 Å². The number of carboxylic acid groups (broad SMARTS) is 4. The second-order valence-electron chi connectivity index (χ2n) is 7.39. The van der Waals surface area contributed by atoms with E-state index < -0.39 is 46.3 Å². The maximum Gasteiger partial charge on any atom is 0.0983 e. The van der Waals surface area contributed by atoms with Crippen molar-refractivity contribution in [2.24, 2.45) is 0 Å². The molecule has 0 aromatic heterocycles. The number of carboxylic acids is 4. The molecule has 29 heavy (non-hydrogen) atoms. The summed E-state index contributed by atoms with van der Waals surface area (Å²) in [6.45, 7) is 9.24. The van der Waals surface area contributed by atoms with Crippen LogP contribution in [0.25, 0.3) is 0 Å². The van der Waals surface area contributed by atoms with Crippen LogP contribution in [0, 0.1) is 0 Å². The van der Waals surface area contributed by atoms with Gasteiger partial charge in [-0.25, -0.2) is 0 Å². The van der Waals surface area contributed by atoms with E-state index >= 15 is 0 Å². The van der Waals surface area contributed by atoms with Crippen LogP contribution < -0.4 is 20.4 Å². The minimum absolute atomic E-state index is 0. The van der Waals surface area contributed by atoms with Gasteiger partial charge in [0, 0.05) is 20.4 Å². The zero-order valence-electron chi connectivity index (χ0n) is 17.4. The average Bonchev–Trinajstić information content (AvgIpc) is 2.35. The van der Waals surface area contributed by atoms with Crippen molar-refractivity contribution in [1.29, 1.82) is 0 Å². The first-order valence-corrected chi connectivity index (χ1v) is 7.53. The topological polar surface area (TPSA) is 241 Å². The molecule has 12 nitrogen and oxygen atoms in total. The van der Waals surface area contributed by atoms with Gasteiger partial charge in [0.1, 0.15) is 0 Å². The summed E-state index contributed by atoms with van der Waals surface area (Å²) in [7, 11) is 0. The van der Waals surface area contributed by atoms with E-state index in [1.807, 2.05) is 0 Å². The molecule has 0 aliphatic carbocycles. The number of aliphatic hydroxyl groups is 4. The number of carbonyl (C=O) groups is 4. The SMILES string of the molecule is CC(C)(O)C(=O)[O-].CC(C)(O)C(=O)[O-].CC(C)(O)C(=O)[O-].CC(C)(O)C(=O)[O-].[Re]. The van der Waals surface area contributed by atoms with Crippen LogP contribution in [0.3, 0.4) is 0 Å². The Bertz CT molecular complexity index is 420. The third-order valence-electron chi connectivity index (χ3n) is 2.00. The summed E-state index contributed by atoms with van der Waals surface area (Å²) in [6, 6.07) is 0. The van der Waals surface area contributed by atoms with E-state index in [4.69, 9.17) is 20.4 Å². The maximum atomic E-state index is 9.66. The minimum atomic E-state index is -1.69. The Morgan fingerprint density at radius 2 is 0.483 bits per heavy atom. The third-order valence-corrected chi connectivity index (χ3v) is 2.00. The Kier molecular flexibility index (Phi) is 18.9. The van der Waals surface area contributed by atoms with Gasteiger partial charge in [0.25, 0.3) is 0 Å². The van der Waals surface area contributed by atoms with Crippen molar-refractivity contribution in [3.8, 4) is 0 Å². The van der Waals surface area contributed by atoms with Crippen LogP contribution >= 0.6 is 0 Å². The molecule has 13 heteroatoms.